The van der Waals surface area contributed by atoms with E-state index in [9.17, 15) is 9.59 Å². The quantitative estimate of drug-likeness (QED) is 0.777. The van der Waals surface area contributed by atoms with Gasteiger partial charge in [-0.3, -0.25) is 0 Å². The highest BCUT2D eigenvalue weighted by atomic mass is 16.7. The highest BCUT2D eigenvalue weighted by molar-refractivity contribution is 5.92. The Kier molecular flexibility index (Phi) is 3.85. The number of cyclic esters (lactones) is 1. The van der Waals surface area contributed by atoms with Crippen molar-refractivity contribution in [1.82, 2.24) is 0 Å². The molecule has 0 fully saturated rings. The van der Waals surface area contributed by atoms with Crippen molar-refractivity contribution in [3.63, 3.8) is 0 Å². The number of carbonyl (C=O) groups is 2. The van der Waals surface area contributed by atoms with Gasteiger partial charge in [-0.15, -0.1) is 0 Å². The maximum atomic E-state index is 11.8. The Hall–Kier alpha value is -2.30. The van der Waals surface area contributed by atoms with Crippen molar-refractivity contribution in [2.45, 2.75) is 20.1 Å². The van der Waals surface area contributed by atoms with Crippen LogP contribution in [0.25, 0.3) is 0 Å². The van der Waals surface area contributed by atoms with Crippen molar-refractivity contribution >= 4 is 11.9 Å². The lowest BCUT2D eigenvalue weighted by Crippen LogP contribution is -2.17. The molecule has 0 bridgehead atoms. The number of carbonyl (C=O) groups excluding carboxylic acids is 2. The van der Waals surface area contributed by atoms with E-state index in [1.165, 1.54) is 6.08 Å². The van der Waals surface area contributed by atoms with E-state index in [0.717, 1.165) is 0 Å². The van der Waals surface area contributed by atoms with Gasteiger partial charge in [-0.2, -0.15) is 0 Å². The Labute approximate surface area is 110 Å². The van der Waals surface area contributed by atoms with Crippen molar-refractivity contribution in [2.24, 2.45) is 0 Å². The molecule has 1 aliphatic rings. The van der Waals surface area contributed by atoms with E-state index >= 15 is 0 Å². The molecular weight excluding hydrogens is 248 g/mol. The molecular formula is C14H14O5. The molecule has 1 aromatic rings. The molecule has 5 nitrogen and oxygen atoms in total. The second-order valence-electron chi connectivity index (χ2n) is 3.99. The molecule has 1 aromatic carbocycles. The molecule has 2 rings (SSSR count). The van der Waals surface area contributed by atoms with Crippen LogP contribution in [0.1, 0.15) is 24.2 Å². The Bertz CT molecular complexity index is 515. The lowest BCUT2D eigenvalue weighted by atomic mass is 10.2. The molecule has 1 unspecified atom stereocenters. The second-order valence-corrected chi connectivity index (χ2v) is 3.99. The van der Waals surface area contributed by atoms with Crippen LogP contribution in [0.15, 0.2) is 35.9 Å². The maximum absolute atomic E-state index is 11.8. The van der Waals surface area contributed by atoms with Gasteiger partial charge in [0.2, 0.25) is 0 Å². The number of esters is 2. The zero-order chi connectivity index (χ0) is 13.8. The van der Waals surface area contributed by atoms with Crippen LogP contribution in [0.3, 0.4) is 0 Å². The molecule has 19 heavy (non-hydrogen) atoms. The number of benzene rings is 1. The zero-order valence-corrected chi connectivity index (χ0v) is 10.7. The van der Waals surface area contributed by atoms with Crippen LogP contribution in [-0.4, -0.2) is 24.8 Å². The van der Waals surface area contributed by atoms with Gasteiger partial charge in [-0.1, -0.05) is 0 Å². The number of ether oxygens (including phenoxy) is 3. The second kappa shape index (κ2) is 5.56. The predicted octanol–water partition coefficient (Wildman–Crippen LogP) is 2.07. The summed E-state index contributed by atoms with van der Waals surface area (Å²) in [6.45, 7) is 4.05. The third-order valence-corrected chi connectivity index (χ3v) is 2.56. The lowest BCUT2D eigenvalue weighted by molar-refractivity contribution is -0.151. The minimum absolute atomic E-state index is 0.373. The van der Waals surface area contributed by atoms with E-state index in [1.54, 1.807) is 31.2 Å². The molecule has 1 atom stereocenters. The van der Waals surface area contributed by atoms with Gasteiger partial charge in [0.15, 0.2) is 0 Å². The fourth-order valence-corrected chi connectivity index (χ4v) is 1.59. The molecule has 5 heteroatoms. The minimum atomic E-state index is -0.938. The molecule has 0 saturated carbocycles. The maximum Gasteiger partial charge on any atom is 0.341 e. The smallest absolute Gasteiger partial charge is 0.341 e. The molecule has 1 aliphatic heterocycles. The molecule has 100 valence electrons. The van der Waals surface area contributed by atoms with E-state index in [4.69, 9.17) is 14.2 Å². The molecule has 0 amide bonds. The summed E-state index contributed by atoms with van der Waals surface area (Å²) < 4.78 is 15.1. The minimum Gasteiger partial charge on any atom is -0.494 e. The van der Waals surface area contributed by atoms with Gasteiger partial charge in [-0.05, 0) is 38.1 Å². The standard InChI is InChI=1S/C14H14O5/c1-3-17-11-6-4-10(5-7-11)14(16)19-12-8-9(2)13(15)18-12/h4-8,12H,3H2,1-2H3. The summed E-state index contributed by atoms with van der Waals surface area (Å²) in [5.41, 5.74) is 0.807. The van der Waals surface area contributed by atoms with Crippen LogP contribution in [0.5, 0.6) is 5.75 Å². The third-order valence-electron chi connectivity index (χ3n) is 2.56. The van der Waals surface area contributed by atoms with Gasteiger partial charge < -0.3 is 14.2 Å². The Balaban J connectivity index is 1.98. The number of hydrogen-bond acceptors (Lipinski definition) is 5. The van der Waals surface area contributed by atoms with Crippen LogP contribution < -0.4 is 4.74 Å². The average Bonchev–Trinajstić information content (AvgIpc) is 2.69. The molecule has 0 N–H and O–H groups in total. The van der Waals surface area contributed by atoms with E-state index in [2.05, 4.69) is 0 Å². The SMILES string of the molecule is CCOc1ccc(C(=O)OC2C=C(C)C(=O)O2)cc1. The van der Waals surface area contributed by atoms with E-state index in [1.807, 2.05) is 6.92 Å². The number of hydrogen-bond donors (Lipinski definition) is 0. The van der Waals surface area contributed by atoms with E-state index < -0.39 is 18.2 Å². The molecule has 0 aromatic heterocycles. The molecule has 0 saturated heterocycles. The third kappa shape index (κ3) is 3.13. The van der Waals surface area contributed by atoms with Crippen LogP contribution in [0, 0.1) is 0 Å². The fraction of sp³-hybridized carbons (Fsp3) is 0.286. The first-order valence-corrected chi connectivity index (χ1v) is 5.93. The van der Waals surface area contributed by atoms with Gasteiger partial charge in [0, 0.05) is 11.6 Å². The fourth-order valence-electron chi connectivity index (χ4n) is 1.59. The predicted molar refractivity (Wildman–Crippen MR) is 66.7 cm³/mol. The van der Waals surface area contributed by atoms with Gasteiger partial charge in [-0.25, -0.2) is 9.59 Å². The van der Waals surface area contributed by atoms with Gasteiger partial charge in [0.05, 0.1) is 12.2 Å². The summed E-state index contributed by atoms with van der Waals surface area (Å²) >= 11 is 0. The van der Waals surface area contributed by atoms with Crippen LogP contribution in [0.2, 0.25) is 0 Å². The summed E-state index contributed by atoms with van der Waals surface area (Å²) in [4.78, 5) is 22.9. The van der Waals surface area contributed by atoms with Crippen LogP contribution in [0.4, 0.5) is 0 Å². The van der Waals surface area contributed by atoms with Crippen molar-refractivity contribution in [3.05, 3.63) is 41.5 Å². The number of rotatable bonds is 4. The monoisotopic (exact) mass is 262 g/mol. The molecule has 0 aliphatic carbocycles. The Morgan fingerprint density at radius 3 is 2.53 bits per heavy atom. The Morgan fingerprint density at radius 2 is 2.00 bits per heavy atom. The molecule has 1 heterocycles. The summed E-state index contributed by atoms with van der Waals surface area (Å²) in [5.74, 6) is -0.335. The normalized spacial score (nSPS) is 17.7. The first-order valence-electron chi connectivity index (χ1n) is 5.93. The highest BCUT2D eigenvalue weighted by Crippen LogP contribution is 2.17. The summed E-state index contributed by atoms with van der Waals surface area (Å²) in [6.07, 6.45) is 0.529. The first kappa shape index (κ1) is 13.1. The molecule has 0 radical (unpaired) electrons. The van der Waals surface area contributed by atoms with Crippen molar-refractivity contribution in [1.29, 1.82) is 0 Å². The van der Waals surface area contributed by atoms with E-state index in [0.29, 0.717) is 23.5 Å². The zero-order valence-electron chi connectivity index (χ0n) is 10.7. The van der Waals surface area contributed by atoms with Crippen LogP contribution in [-0.2, 0) is 14.3 Å². The lowest BCUT2D eigenvalue weighted by Gasteiger charge is -2.10. The highest BCUT2D eigenvalue weighted by Gasteiger charge is 2.25. The topological polar surface area (TPSA) is 61.8 Å². The summed E-state index contributed by atoms with van der Waals surface area (Å²) in [6, 6.07) is 6.56. The Morgan fingerprint density at radius 1 is 1.32 bits per heavy atom. The van der Waals surface area contributed by atoms with Gasteiger partial charge >= 0.3 is 11.9 Å². The van der Waals surface area contributed by atoms with Crippen molar-refractivity contribution in [2.75, 3.05) is 6.61 Å². The summed E-state index contributed by atoms with van der Waals surface area (Å²) in [7, 11) is 0. The van der Waals surface area contributed by atoms with Gasteiger partial charge in [0.25, 0.3) is 6.29 Å². The van der Waals surface area contributed by atoms with E-state index in [-0.39, 0.29) is 0 Å². The summed E-state index contributed by atoms with van der Waals surface area (Å²) in [5, 5.41) is 0. The average molecular weight is 262 g/mol. The van der Waals surface area contributed by atoms with Crippen molar-refractivity contribution in [3.8, 4) is 5.75 Å². The van der Waals surface area contributed by atoms with Crippen LogP contribution >= 0.6 is 0 Å². The molecule has 0 spiro atoms. The largest absolute Gasteiger partial charge is 0.494 e. The van der Waals surface area contributed by atoms with Gasteiger partial charge in [0.1, 0.15) is 5.75 Å². The van der Waals surface area contributed by atoms with Crippen molar-refractivity contribution < 1.29 is 23.8 Å². The first-order chi connectivity index (χ1) is 9.10.